The molecule has 6 heteroatoms. The van der Waals surface area contributed by atoms with Crippen LogP contribution in [0, 0.1) is 5.92 Å². The van der Waals surface area contributed by atoms with Crippen molar-refractivity contribution in [2.45, 2.75) is 63.9 Å². The second-order valence-corrected chi connectivity index (χ2v) is 8.12. The lowest BCUT2D eigenvalue weighted by atomic mass is 9.80. The molecule has 26 heavy (non-hydrogen) atoms. The van der Waals surface area contributed by atoms with E-state index < -0.39 is 0 Å². The zero-order valence-corrected chi connectivity index (χ0v) is 16.7. The molecular weight excluding hydrogens is 350 g/mol. The van der Waals surface area contributed by atoms with Crippen molar-refractivity contribution in [1.82, 2.24) is 5.48 Å². The third-order valence-corrected chi connectivity index (χ3v) is 5.62. The zero-order chi connectivity index (χ0) is 18.9. The van der Waals surface area contributed by atoms with Gasteiger partial charge in [0.1, 0.15) is 5.76 Å². The molecule has 144 valence electrons. The minimum absolute atomic E-state index is 0.0508. The number of allylic oxidation sites excluding steroid dienone is 2. The fourth-order valence-corrected chi connectivity index (χ4v) is 4.27. The summed E-state index contributed by atoms with van der Waals surface area (Å²) in [6.07, 6.45) is 4.91. The Morgan fingerprint density at radius 1 is 1.35 bits per heavy atom. The molecule has 0 aromatic carbocycles. The van der Waals surface area contributed by atoms with Gasteiger partial charge in [-0.05, 0) is 37.8 Å². The number of Topliss-reactive ketones (excluding diaryl/α,β-unsaturated/α-hetero) is 2. The first-order chi connectivity index (χ1) is 12.5. The molecule has 0 spiro atoms. The first-order valence-corrected chi connectivity index (χ1v) is 10.4. The minimum Gasteiger partial charge on any atom is -0.468 e. The highest BCUT2D eigenvalue weighted by Crippen LogP contribution is 2.32. The molecule has 0 saturated heterocycles. The highest BCUT2D eigenvalue weighted by atomic mass is 32.2. The maximum absolute atomic E-state index is 12.6. The van der Waals surface area contributed by atoms with Crippen molar-refractivity contribution in [2.75, 3.05) is 6.61 Å². The third kappa shape index (κ3) is 6.02. The van der Waals surface area contributed by atoms with E-state index >= 15 is 0 Å². The van der Waals surface area contributed by atoms with E-state index in [2.05, 4.69) is 12.4 Å². The van der Waals surface area contributed by atoms with Gasteiger partial charge in [-0.3, -0.25) is 19.9 Å². The van der Waals surface area contributed by atoms with Gasteiger partial charge in [-0.1, -0.05) is 20.3 Å². The number of ketones is 2. The van der Waals surface area contributed by atoms with Crippen LogP contribution in [0.2, 0.25) is 0 Å². The molecule has 1 N–H and O–H groups in total. The van der Waals surface area contributed by atoms with E-state index in [1.54, 1.807) is 18.0 Å². The minimum atomic E-state index is -0.0508. The molecule has 1 unspecified atom stereocenters. The molecule has 0 aliphatic heterocycles. The van der Waals surface area contributed by atoms with Crippen molar-refractivity contribution in [3.05, 3.63) is 35.4 Å². The summed E-state index contributed by atoms with van der Waals surface area (Å²) in [7, 11) is 0. The predicted molar refractivity (Wildman–Crippen MR) is 104 cm³/mol. The number of rotatable bonds is 10. The summed E-state index contributed by atoms with van der Waals surface area (Å²) < 4.78 is 5.35. The maximum atomic E-state index is 12.6. The molecule has 2 rings (SSSR count). The number of hydroxylamine groups is 1. The number of carbonyl (C=O) groups excluding carboxylic acids is 2. The Kier molecular flexibility index (Phi) is 8.45. The largest absolute Gasteiger partial charge is 0.468 e. The van der Waals surface area contributed by atoms with E-state index in [9.17, 15) is 9.59 Å². The molecule has 0 radical (unpaired) electrons. The summed E-state index contributed by atoms with van der Waals surface area (Å²) >= 11 is 1.80. The summed E-state index contributed by atoms with van der Waals surface area (Å²) in [6.45, 7) is 6.51. The van der Waals surface area contributed by atoms with Gasteiger partial charge in [0.25, 0.3) is 0 Å². The molecule has 0 amide bonds. The summed E-state index contributed by atoms with van der Waals surface area (Å²) in [6, 6.07) is 3.85. The van der Waals surface area contributed by atoms with Gasteiger partial charge in [0.2, 0.25) is 0 Å². The number of hydrogen-bond donors (Lipinski definition) is 1. The normalized spacial score (nSPS) is 18.9. The zero-order valence-electron chi connectivity index (χ0n) is 15.9. The quantitative estimate of drug-likeness (QED) is 0.368. The highest BCUT2D eigenvalue weighted by molar-refractivity contribution is 7.99. The van der Waals surface area contributed by atoms with Crippen LogP contribution >= 0.6 is 11.8 Å². The molecule has 1 atom stereocenters. The fourth-order valence-electron chi connectivity index (χ4n) is 3.25. The number of nitrogens with one attached hydrogen (secondary N) is 1. The summed E-state index contributed by atoms with van der Waals surface area (Å²) in [5.74, 6) is 1.78. The van der Waals surface area contributed by atoms with Crippen LogP contribution in [0.4, 0.5) is 0 Å². The monoisotopic (exact) mass is 379 g/mol. The average Bonchev–Trinajstić information content (AvgIpc) is 3.10. The molecule has 0 bridgehead atoms. The summed E-state index contributed by atoms with van der Waals surface area (Å²) in [4.78, 5) is 30.5. The van der Waals surface area contributed by atoms with Gasteiger partial charge in [0.05, 0.1) is 29.9 Å². The lowest BCUT2D eigenvalue weighted by Crippen LogP contribution is -2.31. The van der Waals surface area contributed by atoms with Crippen LogP contribution in [0.15, 0.2) is 34.1 Å². The molecule has 1 heterocycles. The van der Waals surface area contributed by atoms with Crippen LogP contribution in [0.1, 0.15) is 58.6 Å². The van der Waals surface area contributed by atoms with E-state index in [1.807, 2.05) is 26.0 Å². The summed E-state index contributed by atoms with van der Waals surface area (Å²) in [5.41, 5.74) is 3.78. The van der Waals surface area contributed by atoms with Crippen molar-refractivity contribution < 1.29 is 18.8 Å². The van der Waals surface area contributed by atoms with Crippen LogP contribution in [0.3, 0.4) is 0 Å². The Balaban J connectivity index is 1.93. The lowest BCUT2D eigenvalue weighted by molar-refractivity contribution is -0.125. The topological polar surface area (TPSA) is 68.5 Å². The third-order valence-electron chi connectivity index (χ3n) is 4.40. The van der Waals surface area contributed by atoms with Crippen molar-refractivity contribution in [3.8, 4) is 0 Å². The molecule has 1 saturated carbocycles. The number of carbonyl (C=O) groups is 2. The van der Waals surface area contributed by atoms with E-state index in [-0.39, 0.29) is 17.5 Å². The molecule has 1 aliphatic rings. The number of furan rings is 1. The van der Waals surface area contributed by atoms with Crippen molar-refractivity contribution in [2.24, 2.45) is 5.92 Å². The van der Waals surface area contributed by atoms with Gasteiger partial charge in [0.15, 0.2) is 11.6 Å². The van der Waals surface area contributed by atoms with E-state index in [0.29, 0.717) is 42.4 Å². The smallest absolute Gasteiger partial charge is 0.168 e. The van der Waals surface area contributed by atoms with Crippen LogP contribution in [-0.4, -0.2) is 23.4 Å². The van der Waals surface area contributed by atoms with Gasteiger partial charge >= 0.3 is 0 Å². The van der Waals surface area contributed by atoms with Gasteiger partial charge in [-0.15, -0.1) is 0 Å². The van der Waals surface area contributed by atoms with E-state index in [0.717, 1.165) is 24.4 Å². The van der Waals surface area contributed by atoms with E-state index in [1.165, 1.54) is 0 Å². The fraction of sp³-hybridized carbons (Fsp3) is 0.600. The Morgan fingerprint density at radius 2 is 2.08 bits per heavy atom. The first kappa shape index (κ1) is 20.8. The van der Waals surface area contributed by atoms with Crippen LogP contribution in [0.25, 0.3) is 0 Å². The number of hydrogen-bond acceptors (Lipinski definition) is 6. The highest BCUT2D eigenvalue weighted by Gasteiger charge is 2.33. The Bertz CT molecular complexity index is 604. The Hall–Kier alpha value is -1.53. The molecule has 1 fully saturated rings. The van der Waals surface area contributed by atoms with Crippen molar-refractivity contribution >= 4 is 23.3 Å². The van der Waals surface area contributed by atoms with Gasteiger partial charge in [-0.2, -0.15) is 11.8 Å². The van der Waals surface area contributed by atoms with Gasteiger partial charge in [-0.25, -0.2) is 0 Å². The summed E-state index contributed by atoms with van der Waals surface area (Å²) in [5, 5.41) is 0.368. The Labute approximate surface area is 159 Å². The number of thioether (sulfide) groups is 1. The molecule has 1 aliphatic carbocycles. The predicted octanol–water partition coefficient (Wildman–Crippen LogP) is 4.43. The second kappa shape index (κ2) is 10.6. The van der Waals surface area contributed by atoms with Crippen LogP contribution < -0.4 is 5.48 Å². The molecular formula is C20H29NO4S. The van der Waals surface area contributed by atoms with Crippen molar-refractivity contribution in [3.63, 3.8) is 0 Å². The average molecular weight is 380 g/mol. The maximum Gasteiger partial charge on any atom is 0.168 e. The molecule has 5 nitrogen and oxygen atoms in total. The van der Waals surface area contributed by atoms with Crippen molar-refractivity contribution in [1.29, 1.82) is 0 Å². The van der Waals surface area contributed by atoms with Crippen LogP contribution in [-0.2, 0) is 20.2 Å². The molecule has 1 aromatic heterocycles. The van der Waals surface area contributed by atoms with E-state index in [4.69, 9.17) is 9.25 Å². The Morgan fingerprint density at radius 3 is 2.65 bits per heavy atom. The SMILES string of the molecule is CCCC(NOCC)=C1C(=O)CC(CC(C)SCc2ccco2)CC1=O. The lowest BCUT2D eigenvalue weighted by Gasteiger charge is -2.26. The molecule has 1 aromatic rings. The second-order valence-electron chi connectivity index (χ2n) is 6.70. The standard InChI is InChI=1S/C20H29NO4S/c1-4-7-17(21-25-5-2)20-18(22)11-15(12-19(20)23)10-14(3)26-13-16-8-6-9-24-16/h6,8-9,14-15,21H,4-5,7,10-13H2,1-3H3. The first-order valence-electron chi connectivity index (χ1n) is 9.36. The van der Waals surface area contributed by atoms with Gasteiger partial charge in [0, 0.05) is 18.1 Å². The van der Waals surface area contributed by atoms with Gasteiger partial charge < -0.3 is 4.42 Å². The van der Waals surface area contributed by atoms with Crippen LogP contribution in [0.5, 0.6) is 0 Å².